The van der Waals surface area contributed by atoms with E-state index in [1.807, 2.05) is 6.07 Å². The molecule has 3 rings (SSSR count). The lowest BCUT2D eigenvalue weighted by atomic mass is 10.0. The summed E-state index contributed by atoms with van der Waals surface area (Å²) in [5.41, 5.74) is 1.44. The Morgan fingerprint density at radius 1 is 1.48 bits per heavy atom. The molecule has 108 valence electrons. The van der Waals surface area contributed by atoms with Gasteiger partial charge in [0.05, 0.1) is 0 Å². The minimum absolute atomic E-state index is 0.165. The van der Waals surface area contributed by atoms with Crippen molar-refractivity contribution in [3.8, 4) is 5.88 Å². The van der Waals surface area contributed by atoms with Crippen LogP contribution in [0.25, 0.3) is 0 Å². The predicted octanol–water partition coefficient (Wildman–Crippen LogP) is 2.67. The molecule has 1 aliphatic heterocycles. The Morgan fingerprint density at radius 2 is 2.33 bits per heavy atom. The first kappa shape index (κ1) is 13.8. The first-order chi connectivity index (χ1) is 10.1. The molecule has 1 aliphatic rings. The highest BCUT2D eigenvalue weighted by Gasteiger charge is 2.30. The van der Waals surface area contributed by atoms with Gasteiger partial charge in [0.15, 0.2) is 0 Å². The minimum Gasteiger partial charge on any atom is -0.476 e. The van der Waals surface area contributed by atoms with Crippen LogP contribution in [0.2, 0.25) is 5.02 Å². The number of rotatable bonds is 3. The number of aromatic nitrogens is 1. The topological polar surface area (TPSA) is 51.2 Å². The largest absolute Gasteiger partial charge is 0.476 e. The first-order valence-electron chi connectivity index (χ1n) is 6.44. The van der Waals surface area contributed by atoms with Crippen LogP contribution in [0.15, 0.2) is 36.5 Å². The van der Waals surface area contributed by atoms with Gasteiger partial charge in [-0.3, -0.25) is 4.79 Å². The van der Waals surface area contributed by atoms with Gasteiger partial charge in [-0.1, -0.05) is 23.7 Å². The third-order valence-corrected chi connectivity index (χ3v) is 3.70. The molecule has 1 unspecified atom stereocenters. The summed E-state index contributed by atoms with van der Waals surface area (Å²) in [6.45, 7) is 0.513. The van der Waals surface area contributed by atoms with Gasteiger partial charge in [-0.25, -0.2) is 9.37 Å². The maximum Gasteiger partial charge on any atom is 0.231 e. The van der Waals surface area contributed by atoms with Crippen LogP contribution >= 0.6 is 11.6 Å². The summed E-state index contributed by atoms with van der Waals surface area (Å²) >= 11 is 5.93. The Balaban J connectivity index is 1.68. The Bertz CT molecular complexity index is 693. The number of pyridine rings is 1. The number of nitrogens with zero attached hydrogens (tertiary/aromatic N) is 1. The standard InChI is InChI=1S/C15H12ClFN2O2/c16-13-6-10(17)4-3-9(13)7-19-14(20)12-8-21-15-11(12)2-1-5-18-15/h1-6,12H,7-8H2,(H,19,20). The third-order valence-electron chi connectivity index (χ3n) is 3.35. The predicted molar refractivity (Wildman–Crippen MR) is 75.7 cm³/mol. The zero-order valence-corrected chi connectivity index (χ0v) is 11.7. The molecule has 0 saturated carbocycles. The van der Waals surface area contributed by atoms with Gasteiger partial charge in [0.25, 0.3) is 0 Å². The highest BCUT2D eigenvalue weighted by molar-refractivity contribution is 6.31. The van der Waals surface area contributed by atoms with Crippen molar-refractivity contribution >= 4 is 17.5 Å². The van der Waals surface area contributed by atoms with Crippen molar-refractivity contribution in [2.75, 3.05) is 6.61 Å². The average Bonchev–Trinajstić information content (AvgIpc) is 2.90. The zero-order chi connectivity index (χ0) is 14.8. The van der Waals surface area contributed by atoms with Crippen molar-refractivity contribution in [1.29, 1.82) is 0 Å². The summed E-state index contributed by atoms with van der Waals surface area (Å²) in [4.78, 5) is 16.3. The molecule has 0 spiro atoms. The molecule has 0 aliphatic carbocycles. The lowest BCUT2D eigenvalue weighted by molar-refractivity contribution is -0.122. The maximum absolute atomic E-state index is 13.0. The van der Waals surface area contributed by atoms with Crippen LogP contribution < -0.4 is 10.1 Å². The van der Waals surface area contributed by atoms with Crippen molar-refractivity contribution in [1.82, 2.24) is 10.3 Å². The van der Waals surface area contributed by atoms with E-state index in [1.54, 1.807) is 18.3 Å². The van der Waals surface area contributed by atoms with Crippen LogP contribution in [-0.4, -0.2) is 17.5 Å². The Morgan fingerprint density at radius 3 is 3.14 bits per heavy atom. The highest BCUT2D eigenvalue weighted by Crippen LogP contribution is 2.31. The Hall–Kier alpha value is -2.14. The molecule has 6 heteroatoms. The van der Waals surface area contributed by atoms with Gasteiger partial charge in [0, 0.05) is 23.3 Å². The minimum atomic E-state index is -0.403. The van der Waals surface area contributed by atoms with E-state index in [2.05, 4.69) is 10.3 Å². The first-order valence-corrected chi connectivity index (χ1v) is 6.82. The summed E-state index contributed by atoms with van der Waals surface area (Å²) in [6.07, 6.45) is 1.62. The highest BCUT2D eigenvalue weighted by atomic mass is 35.5. The van der Waals surface area contributed by atoms with E-state index in [9.17, 15) is 9.18 Å². The van der Waals surface area contributed by atoms with E-state index in [-0.39, 0.29) is 25.0 Å². The molecule has 21 heavy (non-hydrogen) atoms. The monoisotopic (exact) mass is 306 g/mol. The molecule has 4 nitrogen and oxygen atoms in total. The molecule has 0 radical (unpaired) electrons. The molecule has 1 aromatic carbocycles. The van der Waals surface area contributed by atoms with Gasteiger partial charge in [-0.15, -0.1) is 0 Å². The lowest BCUT2D eigenvalue weighted by Gasteiger charge is -2.11. The summed E-state index contributed by atoms with van der Waals surface area (Å²) < 4.78 is 18.3. The molecular formula is C15H12ClFN2O2. The number of hydrogen-bond acceptors (Lipinski definition) is 3. The number of amides is 1. The molecule has 1 N–H and O–H groups in total. The number of fused-ring (bicyclic) bond motifs is 1. The molecule has 2 aromatic rings. The van der Waals surface area contributed by atoms with Crippen molar-refractivity contribution in [2.45, 2.75) is 12.5 Å². The third kappa shape index (κ3) is 2.83. The number of benzene rings is 1. The molecule has 0 fully saturated rings. The van der Waals surface area contributed by atoms with Crippen LogP contribution in [0, 0.1) is 5.82 Å². The average molecular weight is 307 g/mol. The second-order valence-electron chi connectivity index (χ2n) is 4.71. The number of carbonyl (C=O) groups is 1. The second kappa shape index (κ2) is 5.69. The normalized spacial score (nSPS) is 16.2. The van der Waals surface area contributed by atoms with Gasteiger partial charge in [-0.05, 0) is 23.8 Å². The summed E-state index contributed by atoms with van der Waals surface area (Å²) in [6, 6.07) is 7.68. The van der Waals surface area contributed by atoms with Crippen molar-refractivity contribution in [3.05, 3.63) is 58.5 Å². The van der Waals surface area contributed by atoms with Crippen LogP contribution in [0.5, 0.6) is 5.88 Å². The molecule has 0 bridgehead atoms. The van der Waals surface area contributed by atoms with Gasteiger partial charge in [0.2, 0.25) is 11.8 Å². The van der Waals surface area contributed by atoms with E-state index in [1.165, 1.54) is 12.1 Å². The fourth-order valence-electron chi connectivity index (χ4n) is 2.23. The smallest absolute Gasteiger partial charge is 0.231 e. The number of hydrogen-bond donors (Lipinski definition) is 1. The van der Waals surface area contributed by atoms with Gasteiger partial charge in [0.1, 0.15) is 18.3 Å². The van der Waals surface area contributed by atoms with E-state index in [0.717, 1.165) is 5.56 Å². The van der Waals surface area contributed by atoms with Crippen molar-refractivity contribution in [2.24, 2.45) is 0 Å². The van der Waals surface area contributed by atoms with Gasteiger partial charge in [-0.2, -0.15) is 0 Å². The van der Waals surface area contributed by atoms with E-state index < -0.39 is 5.82 Å². The van der Waals surface area contributed by atoms with Gasteiger partial charge < -0.3 is 10.1 Å². The number of ether oxygens (including phenoxy) is 1. The Labute approximate surface area is 125 Å². The van der Waals surface area contributed by atoms with Crippen LogP contribution in [0.1, 0.15) is 17.0 Å². The number of nitrogens with one attached hydrogen (secondary N) is 1. The molecule has 0 saturated heterocycles. The molecule has 1 aromatic heterocycles. The number of halogens is 2. The SMILES string of the molecule is O=C(NCc1ccc(F)cc1Cl)C1COc2ncccc21. The summed E-state index contributed by atoms with van der Waals surface area (Å²) in [5.74, 6) is -0.452. The Kier molecular flexibility index (Phi) is 3.75. The molecule has 2 heterocycles. The van der Waals surface area contributed by atoms with Crippen LogP contribution in [-0.2, 0) is 11.3 Å². The molecule has 1 amide bonds. The van der Waals surface area contributed by atoms with E-state index in [0.29, 0.717) is 16.5 Å². The quantitative estimate of drug-likeness (QED) is 0.948. The van der Waals surface area contributed by atoms with E-state index >= 15 is 0 Å². The van der Waals surface area contributed by atoms with Crippen LogP contribution in [0.3, 0.4) is 0 Å². The van der Waals surface area contributed by atoms with Crippen molar-refractivity contribution in [3.63, 3.8) is 0 Å². The van der Waals surface area contributed by atoms with Crippen molar-refractivity contribution < 1.29 is 13.9 Å². The van der Waals surface area contributed by atoms with Gasteiger partial charge >= 0.3 is 0 Å². The zero-order valence-electron chi connectivity index (χ0n) is 11.0. The fourth-order valence-corrected chi connectivity index (χ4v) is 2.46. The lowest BCUT2D eigenvalue weighted by Crippen LogP contribution is -2.29. The van der Waals surface area contributed by atoms with Crippen LogP contribution in [0.4, 0.5) is 4.39 Å². The summed E-state index contributed by atoms with van der Waals surface area (Å²) in [7, 11) is 0. The summed E-state index contributed by atoms with van der Waals surface area (Å²) in [5, 5.41) is 3.08. The molecular weight excluding hydrogens is 295 g/mol. The second-order valence-corrected chi connectivity index (χ2v) is 5.12. The van der Waals surface area contributed by atoms with E-state index in [4.69, 9.17) is 16.3 Å². The fraction of sp³-hybridized carbons (Fsp3) is 0.200. The molecule has 1 atom stereocenters. The number of carbonyl (C=O) groups excluding carboxylic acids is 1. The maximum atomic E-state index is 13.0.